The lowest BCUT2D eigenvalue weighted by molar-refractivity contribution is -0.147. The van der Waals surface area contributed by atoms with Gasteiger partial charge in [0.05, 0.1) is 7.11 Å². The maximum Gasteiger partial charge on any atom is 0.317 e. The SMILES string of the molecule is CCN(CC)C(=O)CC(C(=O)OC)C(=O)c1ccccc1. The Hall–Kier alpha value is -2.17. The molecule has 1 rings (SSSR count). The highest BCUT2D eigenvalue weighted by Gasteiger charge is 2.31. The second-order valence-corrected chi connectivity index (χ2v) is 4.58. The van der Waals surface area contributed by atoms with Crippen molar-refractivity contribution in [3.05, 3.63) is 35.9 Å². The van der Waals surface area contributed by atoms with Gasteiger partial charge in [0.25, 0.3) is 0 Å². The van der Waals surface area contributed by atoms with Crippen molar-refractivity contribution in [3.63, 3.8) is 0 Å². The van der Waals surface area contributed by atoms with Crippen LogP contribution in [-0.2, 0) is 14.3 Å². The van der Waals surface area contributed by atoms with E-state index in [-0.39, 0.29) is 18.1 Å². The van der Waals surface area contributed by atoms with Crippen LogP contribution in [0.3, 0.4) is 0 Å². The van der Waals surface area contributed by atoms with Gasteiger partial charge in [0.1, 0.15) is 5.92 Å². The zero-order chi connectivity index (χ0) is 15.8. The van der Waals surface area contributed by atoms with Gasteiger partial charge in [-0.05, 0) is 13.8 Å². The number of Topliss-reactive ketones (excluding diaryl/α,β-unsaturated/α-hetero) is 1. The standard InChI is InChI=1S/C16H21NO4/c1-4-17(5-2)14(18)11-13(16(20)21-3)15(19)12-9-7-6-8-10-12/h6-10,13H,4-5,11H2,1-3H3. The number of methoxy groups -OCH3 is 1. The third kappa shape index (κ3) is 4.41. The van der Waals surface area contributed by atoms with Crippen LogP contribution in [0, 0.1) is 5.92 Å². The molecule has 114 valence electrons. The summed E-state index contributed by atoms with van der Waals surface area (Å²) >= 11 is 0. The van der Waals surface area contributed by atoms with E-state index in [2.05, 4.69) is 4.74 Å². The number of hydrogen-bond acceptors (Lipinski definition) is 4. The van der Waals surface area contributed by atoms with Gasteiger partial charge in [-0.25, -0.2) is 0 Å². The summed E-state index contributed by atoms with van der Waals surface area (Å²) in [4.78, 5) is 38.0. The van der Waals surface area contributed by atoms with Crippen LogP contribution in [0.2, 0.25) is 0 Å². The van der Waals surface area contributed by atoms with Crippen molar-refractivity contribution in [2.24, 2.45) is 5.92 Å². The van der Waals surface area contributed by atoms with Gasteiger partial charge in [0.15, 0.2) is 5.78 Å². The highest BCUT2D eigenvalue weighted by atomic mass is 16.5. The minimum atomic E-state index is -1.09. The molecule has 1 unspecified atom stereocenters. The number of hydrogen-bond donors (Lipinski definition) is 0. The van der Waals surface area contributed by atoms with E-state index in [1.807, 2.05) is 13.8 Å². The molecule has 21 heavy (non-hydrogen) atoms. The topological polar surface area (TPSA) is 63.7 Å². The minimum Gasteiger partial charge on any atom is -0.468 e. The van der Waals surface area contributed by atoms with Gasteiger partial charge in [-0.2, -0.15) is 0 Å². The molecule has 1 atom stereocenters. The Morgan fingerprint density at radius 3 is 2.14 bits per heavy atom. The lowest BCUT2D eigenvalue weighted by Gasteiger charge is -2.21. The van der Waals surface area contributed by atoms with Crippen molar-refractivity contribution in [1.29, 1.82) is 0 Å². The van der Waals surface area contributed by atoms with Gasteiger partial charge < -0.3 is 9.64 Å². The Bertz CT molecular complexity index is 494. The van der Waals surface area contributed by atoms with E-state index in [9.17, 15) is 14.4 Å². The number of rotatable bonds is 7. The summed E-state index contributed by atoms with van der Waals surface area (Å²) in [6.07, 6.45) is -0.165. The zero-order valence-electron chi connectivity index (χ0n) is 12.7. The molecule has 0 N–H and O–H groups in total. The molecule has 0 bridgehead atoms. The number of carbonyl (C=O) groups is 3. The number of nitrogens with zero attached hydrogens (tertiary/aromatic N) is 1. The van der Waals surface area contributed by atoms with Crippen LogP contribution in [0.1, 0.15) is 30.6 Å². The summed E-state index contributed by atoms with van der Waals surface area (Å²) in [5.41, 5.74) is 0.403. The van der Waals surface area contributed by atoms with Gasteiger partial charge in [0.2, 0.25) is 5.91 Å². The summed E-state index contributed by atoms with van der Waals surface area (Å²) in [5.74, 6) is -2.38. The summed E-state index contributed by atoms with van der Waals surface area (Å²) in [5, 5.41) is 0. The van der Waals surface area contributed by atoms with Crippen molar-refractivity contribution in [3.8, 4) is 0 Å². The summed E-state index contributed by atoms with van der Waals surface area (Å²) < 4.78 is 4.67. The summed E-state index contributed by atoms with van der Waals surface area (Å²) in [6.45, 7) is 4.80. The van der Waals surface area contributed by atoms with Crippen LogP contribution in [0.25, 0.3) is 0 Å². The molecule has 1 amide bonds. The molecule has 1 aromatic carbocycles. The third-order valence-electron chi connectivity index (χ3n) is 3.36. The molecule has 5 nitrogen and oxygen atoms in total. The first-order valence-electron chi connectivity index (χ1n) is 6.99. The molecule has 1 aromatic rings. The third-order valence-corrected chi connectivity index (χ3v) is 3.36. The summed E-state index contributed by atoms with van der Waals surface area (Å²) in [6, 6.07) is 8.47. The van der Waals surface area contributed by atoms with E-state index in [4.69, 9.17) is 0 Å². The lowest BCUT2D eigenvalue weighted by atomic mass is 9.94. The van der Waals surface area contributed by atoms with E-state index in [0.29, 0.717) is 18.7 Å². The van der Waals surface area contributed by atoms with Crippen LogP contribution in [-0.4, -0.2) is 42.8 Å². The Balaban J connectivity index is 2.94. The van der Waals surface area contributed by atoms with Gasteiger partial charge in [-0.3, -0.25) is 14.4 Å². The fraction of sp³-hybridized carbons (Fsp3) is 0.438. The molecule has 0 aliphatic heterocycles. The first-order chi connectivity index (χ1) is 10.0. The smallest absolute Gasteiger partial charge is 0.317 e. The van der Waals surface area contributed by atoms with Crippen molar-refractivity contribution in [2.75, 3.05) is 20.2 Å². The molecule has 5 heteroatoms. The highest BCUT2D eigenvalue weighted by Crippen LogP contribution is 2.16. The van der Waals surface area contributed by atoms with Crippen LogP contribution in [0.4, 0.5) is 0 Å². The van der Waals surface area contributed by atoms with Gasteiger partial charge >= 0.3 is 5.97 Å². The van der Waals surface area contributed by atoms with Gasteiger partial charge in [-0.15, -0.1) is 0 Å². The molecule has 0 aliphatic rings. The van der Waals surface area contributed by atoms with E-state index in [1.165, 1.54) is 7.11 Å². The molecular formula is C16H21NO4. The second-order valence-electron chi connectivity index (χ2n) is 4.58. The van der Waals surface area contributed by atoms with Gasteiger partial charge in [-0.1, -0.05) is 30.3 Å². The molecule has 0 radical (unpaired) electrons. The van der Waals surface area contributed by atoms with Crippen LogP contribution in [0.15, 0.2) is 30.3 Å². The molecule has 0 saturated heterocycles. The molecule has 0 fully saturated rings. The first-order valence-corrected chi connectivity index (χ1v) is 6.99. The average Bonchev–Trinajstić information content (AvgIpc) is 2.53. The lowest BCUT2D eigenvalue weighted by Crippen LogP contribution is -2.36. The van der Waals surface area contributed by atoms with Crippen LogP contribution in [0.5, 0.6) is 0 Å². The van der Waals surface area contributed by atoms with Crippen LogP contribution < -0.4 is 0 Å². The molecular weight excluding hydrogens is 270 g/mol. The normalized spacial score (nSPS) is 11.6. The Kier molecular flexibility index (Phi) is 6.59. The fourth-order valence-electron chi connectivity index (χ4n) is 2.11. The Labute approximate surface area is 124 Å². The Morgan fingerprint density at radius 1 is 1.10 bits per heavy atom. The van der Waals surface area contributed by atoms with Crippen molar-refractivity contribution >= 4 is 17.7 Å². The first kappa shape index (κ1) is 16.9. The van der Waals surface area contributed by atoms with Crippen molar-refractivity contribution < 1.29 is 19.1 Å². The predicted molar refractivity (Wildman–Crippen MR) is 78.8 cm³/mol. The zero-order valence-corrected chi connectivity index (χ0v) is 12.7. The molecule has 0 saturated carbocycles. The molecule has 0 spiro atoms. The van der Waals surface area contributed by atoms with E-state index < -0.39 is 11.9 Å². The molecule has 0 aliphatic carbocycles. The minimum absolute atomic E-state index is 0.165. The maximum absolute atomic E-state index is 12.4. The van der Waals surface area contributed by atoms with E-state index in [1.54, 1.807) is 35.2 Å². The number of esters is 1. The molecule has 0 aromatic heterocycles. The van der Waals surface area contributed by atoms with Crippen molar-refractivity contribution in [1.82, 2.24) is 4.90 Å². The van der Waals surface area contributed by atoms with E-state index in [0.717, 1.165) is 0 Å². The quantitative estimate of drug-likeness (QED) is 0.437. The van der Waals surface area contributed by atoms with E-state index >= 15 is 0 Å². The number of amides is 1. The van der Waals surface area contributed by atoms with Crippen molar-refractivity contribution in [2.45, 2.75) is 20.3 Å². The number of ether oxygens (including phenoxy) is 1. The monoisotopic (exact) mass is 291 g/mol. The second kappa shape index (κ2) is 8.19. The largest absolute Gasteiger partial charge is 0.468 e. The number of carbonyl (C=O) groups excluding carboxylic acids is 3. The number of benzene rings is 1. The van der Waals surface area contributed by atoms with Crippen LogP contribution >= 0.6 is 0 Å². The fourth-order valence-corrected chi connectivity index (χ4v) is 2.11. The maximum atomic E-state index is 12.4. The predicted octanol–water partition coefficient (Wildman–Crippen LogP) is 1.92. The molecule has 0 heterocycles. The Morgan fingerprint density at radius 2 is 1.67 bits per heavy atom. The summed E-state index contributed by atoms with van der Waals surface area (Å²) in [7, 11) is 1.22. The highest BCUT2D eigenvalue weighted by molar-refractivity contribution is 6.10. The average molecular weight is 291 g/mol. The number of ketones is 1. The van der Waals surface area contributed by atoms with Gasteiger partial charge in [0, 0.05) is 25.1 Å².